The molecule has 0 radical (unpaired) electrons. The number of rotatable bonds is 1. The molecule has 58 valence electrons. The van der Waals surface area contributed by atoms with Crippen LogP contribution < -0.4 is 34.7 Å². The minimum absolute atomic E-state index is 0. The molecule has 4 heteroatoms. The second-order valence-electron chi connectivity index (χ2n) is 2.88. The van der Waals surface area contributed by atoms with Crippen molar-refractivity contribution in [2.75, 3.05) is 0 Å². The van der Waals surface area contributed by atoms with E-state index in [1.165, 1.54) is 0 Å². The number of aliphatic carboxylic acids is 1. The van der Waals surface area contributed by atoms with Crippen molar-refractivity contribution in [3.63, 3.8) is 0 Å². The first kappa shape index (κ1) is 11.4. The number of carbonyl (C=O) groups excluding carboxylic acids is 1. The fourth-order valence-electron chi connectivity index (χ4n) is 1.34. The predicted molar refractivity (Wildman–Crippen MR) is 33.0 cm³/mol. The summed E-state index contributed by atoms with van der Waals surface area (Å²) >= 11 is 0. The molecule has 1 aliphatic carbocycles. The fraction of sp³-hybridized carbons (Fsp3) is 0.857. The molecule has 1 aliphatic rings. The normalized spacial score (nSPS) is 21.9. The first-order valence-electron chi connectivity index (χ1n) is 3.59. The topological polar surface area (TPSA) is 60.4 Å². The number of hydrogen-bond donors (Lipinski definition) is 1. The minimum atomic E-state index is -1.52. The van der Waals surface area contributed by atoms with Crippen molar-refractivity contribution in [2.45, 2.75) is 37.7 Å². The van der Waals surface area contributed by atoms with Crippen molar-refractivity contribution in [3.05, 3.63) is 0 Å². The molecule has 1 fully saturated rings. The second-order valence-corrected chi connectivity index (χ2v) is 2.88. The Hall–Kier alpha value is 0.430. The molecule has 0 aromatic rings. The first-order valence-corrected chi connectivity index (χ1v) is 3.59. The molecule has 0 unspecified atom stereocenters. The van der Waals surface area contributed by atoms with Crippen LogP contribution in [-0.4, -0.2) is 16.7 Å². The average molecular weight is 166 g/mol. The second kappa shape index (κ2) is 4.45. The van der Waals surface area contributed by atoms with Gasteiger partial charge in [-0.05, 0) is 12.8 Å². The van der Waals surface area contributed by atoms with Gasteiger partial charge in [0.1, 0.15) is 5.60 Å². The quantitative estimate of drug-likeness (QED) is 0.410. The summed E-state index contributed by atoms with van der Waals surface area (Å²) in [6.45, 7) is 0. The van der Waals surface area contributed by atoms with E-state index in [9.17, 15) is 15.0 Å². The Labute approximate surface area is 88.1 Å². The number of carbonyl (C=O) groups is 1. The van der Waals surface area contributed by atoms with Crippen LogP contribution in [0.2, 0.25) is 0 Å². The zero-order valence-corrected chi connectivity index (χ0v) is 8.80. The number of aliphatic hydroxyl groups is 1. The molecular weight excluding hydrogens is 155 g/mol. The zero-order valence-electron chi connectivity index (χ0n) is 6.80. The van der Waals surface area contributed by atoms with Crippen LogP contribution in [0, 0.1) is 0 Å². The van der Waals surface area contributed by atoms with Crippen LogP contribution in [0.25, 0.3) is 0 Å². The van der Waals surface area contributed by atoms with E-state index in [0.29, 0.717) is 12.8 Å². The van der Waals surface area contributed by atoms with E-state index in [-0.39, 0.29) is 29.6 Å². The number of carboxylic acids is 1. The van der Waals surface area contributed by atoms with Crippen LogP contribution in [-0.2, 0) is 4.79 Å². The van der Waals surface area contributed by atoms with Crippen LogP contribution in [0.5, 0.6) is 0 Å². The van der Waals surface area contributed by atoms with Gasteiger partial charge in [-0.15, -0.1) is 0 Å². The van der Waals surface area contributed by atoms with E-state index < -0.39 is 11.6 Å². The summed E-state index contributed by atoms with van der Waals surface area (Å²) in [5.41, 5.74) is -1.52. The van der Waals surface area contributed by atoms with Crippen molar-refractivity contribution in [3.8, 4) is 0 Å². The average Bonchev–Trinajstić information content (AvgIpc) is 1.89. The molecule has 1 rings (SSSR count). The third kappa shape index (κ3) is 2.75. The first-order chi connectivity index (χ1) is 4.65. The maximum Gasteiger partial charge on any atom is 1.00 e. The Bertz CT molecular complexity index is 141. The summed E-state index contributed by atoms with van der Waals surface area (Å²) < 4.78 is 0. The standard InChI is InChI=1S/C7H12O3.Na/c8-6(9)7(10)4-2-1-3-5-7;/h10H,1-5H2,(H,8,9);/q;+1/p-1. The summed E-state index contributed by atoms with van der Waals surface area (Å²) in [5, 5.41) is 19.6. The monoisotopic (exact) mass is 166 g/mol. The third-order valence-electron chi connectivity index (χ3n) is 2.06. The molecule has 11 heavy (non-hydrogen) atoms. The van der Waals surface area contributed by atoms with Crippen molar-refractivity contribution in [1.29, 1.82) is 0 Å². The van der Waals surface area contributed by atoms with Gasteiger partial charge in [0, 0.05) is 0 Å². The minimum Gasteiger partial charge on any atom is -0.547 e. The van der Waals surface area contributed by atoms with E-state index in [4.69, 9.17) is 0 Å². The largest absolute Gasteiger partial charge is 1.00 e. The number of hydrogen-bond acceptors (Lipinski definition) is 3. The van der Waals surface area contributed by atoms with E-state index in [2.05, 4.69) is 0 Å². The van der Waals surface area contributed by atoms with Crippen molar-refractivity contribution in [2.24, 2.45) is 0 Å². The van der Waals surface area contributed by atoms with Gasteiger partial charge in [0.2, 0.25) is 0 Å². The smallest absolute Gasteiger partial charge is 0.547 e. The summed E-state index contributed by atoms with van der Waals surface area (Å²) in [4.78, 5) is 10.3. The molecule has 0 atom stereocenters. The van der Waals surface area contributed by atoms with E-state index in [1.54, 1.807) is 0 Å². The van der Waals surface area contributed by atoms with Gasteiger partial charge < -0.3 is 15.0 Å². The van der Waals surface area contributed by atoms with E-state index in [0.717, 1.165) is 19.3 Å². The van der Waals surface area contributed by atoms with Crippen molar-refractivity contribution in [1.82, 2.24) is 0 Å². The molecule has 0 spiro atoms. The fourth-order valence-corrected chi connectivity index (χ4v) is 1.34. The van der Waals surface area contributed by atoms with Crippen molar-refractivity contribution < 1.29 is 44.6 Å². The maximum atomic E-state index is 10.3. The maximum absolute atomic E-state index is 10.3. The van der Waals surface area contributed by atoms with Crippen molar-refractivity contribution >= 4 is 5.97 Å². The Kier molecular flexibility index (Phi) is 4.63. The predicted octanol–water partition coefficient (Wildman–Crippen LogP) is -3.56. The molecule has 0 bridgehead atoms. The summed E-state index contributed by atoms with van der Waals surface area (Å²) in [6.07, 6.45) is 3.33. The SMILES string of the molecule is O=C([O-])C1(O)CCCCC1.[Na+]. The van der Waals surface area contributed by atoms with Gasteiger partial charge in [-0.2, -0.15) is 0 Å². The van der Waals surface area contributed by atoms with Gasteiger partial charge in [-0.25, -0.2) is 0 Å². The summed E-state index contributed by atoms with van der Waals surface area (Å²) in [7, 11) is 0. The molecule has 1 saturated carbocycles. The molecular formula is C7H11NaO3. The van der Waals surface area contributed by atoms with Crippen LogP contribution >= 0.6 is 0 Å². The Balaban J connectivity index is 0.000001000. The molecule has 0 saturated heterocycles. The van der Waals surface area contributed by atoms with Crippen LogP contribution in [0.3, 0.4) is 0 Å². The van der Waals surface area contributed by atoms with Gasteiger partial charge >= 0.3 is 29.6 Å². The molecule has 0 aliphatic heterocycles. The molecule has 0 aromatic heterocycles. The Morgan fingerprint density at radius 2 is 1.73 bits per heavy atom. The Morgan fingerprint density at radius 1 is 1.27 bits per heavy atom. The van der Waals surface area contributed by atoms with Gasteiger partial charge in [0.05, 0.1) is 5.97 Å². The molecule has 0 heterocycles. The van der Waals surface area contributed by atoms with E-state index >= 15 is 0 Å². The van der Waals surface area contributed by atoms with Crippen LogP contribution in [0.1, 0.15) is 32.1 Å². The third-order valence-corrected chi connectivity index (χ3v) is 2.06. The molecule has 3 nitrogen and oxygen atoms in total. The number of carboxylic acid groups (broad SMARTS) is 1. The van der Waals surface area contributed by atoms with Crippen LogP contribution in [0.4, 0.5) is 0 Å². The molecule has 1 N–H and O–H groups in total. The summed E-state index contributed by atoms with van der Waals surface area (Å²) in [5.74, 6) is -1.31. The summed E-state index contributed by atoms with van der Waals surface area (Å²) in [6, 6.07) is 0. The Morgan fingerprint density at radius 3 is 2.00 bits per heavy atom. The van der Waals surface area contributed by atoms with Gasteiger partial charge in [-0.3, -0.25) is 0 Å². The molecule has 0 amide bonds. The molecule has 0 aromatic carbocycles. The van der Waals surface area contributed by atoms with Gasteiger partial charge in [0.25, 0.3) is 0 Å². The van der Waals surface area contributed by atoms with Gasteiger partial charge in [-0.1, -0.05) is 19.3 Å². The van der Waals surface area contributed by atoms with Crippen LogP contribution in [0.15, 0.2) is 0 Å². The zero-order chi connectivity index (χ0) is 7.61. The van der Waals surface area contributed by atoms with Gasteiger partial charge in [0.15, 0.2) is 0 Å². The van der Waals surface area contributed by atoms with E-state index in [1.807, 2.05) is 0 Å².